The number of nitrogens with zero attached hydrogens (tertiary/aromatic N) is 2. The number of halogens is 3. The summed E-state index contributed by atoms with van der Waals surface area (Å²) in [6.07, 6.45) is 0. The van der Waals surface area contributed by atoms with Gasteiger partial charge in [0.05, 0.1) is 0 Å². The minimum atomic E-state index is -0.489. The molecule has 22 heavy (non-hydrogen) atoms. The molecule has 1 heterocycles. The highest BCUT2D eigenvalue weighted by molar-refractivity contribution is 9.10. The molecule has 0 N–H and O–H groups in total. The number of ether oxygens (including phenoxy) is 1. The van der Waals surface area contributed by atoms with Crippen molar-refractivity contribution in [3.8, 4) is 17.2 Å². The van der Waals surface area contributed by atoms with Gasteiger partial charge in [-0.05, 0) is 42.5 Å². The van der Waals surface area contributed by atoms with Gasteiger partial charge in [0.15, 0.2) is 18.2 Å². The second kappa shape index (κ2) is 6.23. The highest BCUT2D eigenvalue weighted by Gasteiger charge is 2.11. The third-order valence-electron chi connectivity index (χ3n) is 2.81. The summed E-state index contributed by atoms with van der Waals surface area (Å²) in [6.45, 7) is -0.0384. The van der Waals surface area contributed by atoms with Gasteiger partial charge in [-0.2, -0.15) is 4.98 Å². The van der Waals surface area contributed by atoms with Gasteiger partial charge in [-0.1, -0.05) is 21.1 Å². The van der Waals surface area contributed by atoms with Crippen molar-refractivity contribution < 1.29 is 18.0 Å². The highest BCUT2D eigenvalue weighted by atomic mass is 79.9. The molecule has 0 bridgehead atoms. The molecular formula is C15H9BrF2N2O2. The zero-order valence-corrected chi connectivity index (χ0v) is 12.7. The molecule has 0 spiro atoms. The van der Waals surface area contributed by atoms with Crippen molar-refractivity contribution in [3.05, 3.63) is 64.4 Å². The van der Waals surface area contributed by atoms with Crippen LogP contribution in [0.25, 0.3) is 11.5 Å². The normalized spacial score (nSPS) is 10.7. The van der Waals surface area contributed by atoms with Gasteiger partial charge in [-0.15, -0.1) is 0 Å². The third-order valence-corrected chi connectivity index (χ3v) is 3.30. The Morgan fingerprint density at radius 1 is 1.09 bits per heavy atom. The number of benzene rings is 2. The lowest BCUT2D eigenvalue weighted by molar-refractivity contribution is 0.273. The van der Waals surface area contributed by atoms with E-state index in [1.807, 2.05) is 0 Å². The highest BCUT2D eigenvalue weighted by Crippen LogP contribution is 2.22. The van der Waals surface area contributed by atoms with E-state index in [9.17, 15) is 8.78 Å². The largest absolute Gasteiger partial charge is 0.482 e. The fourth-order valence-corrected chi connectivity index (χ4v) is 2.09. The predicted octanol–water partition coefficient (Wildman–Crippen LogP) is 4.36. The summed E-state index contributed by atoms with van der Waals surface area (Å²) in [5.41, 5.74) is 0.593. The van der Waals surface area contributed by atoms with E-state index >= 15 is 0 Å². The van der Waals surface area contributed by atoms with E-state index in [1.165, 1.54) is 36.4 Å². The van der Waals surface area contributed by atoms with Gasteiger partial charge in [0.25, 0.3) is 5.89 Å². The lowest BCUT2D eigenvalue weighted by Crippen LogP contribution is -1.99. The fraction of sp³-hybridized carbons (Fsp3) is 0.0667. The fourth-order valence-electron chi connectivity index (χ4n) is 1.76. The van der Waals surface area contributed by atoms with Crippen LogP contribution in [0.1, 0.15) is 5.82 Å². The Balaban J connectivity index is 1.70. The molecule has 0 aliphatic rings. The summed E-state index contributed by atoms with van der Waals surface area (Å²) in [7, 11) is 0. The molecule has 0 saturated carbocycles. The lowest BCUT2D eigenvalue weighted by atomic mass is 10.2. The van der Waals surface area contributed by atoms with Gasteiger partial charge in [-0.25, -0.2) is 8.78 Å². The Morgan fingerprint density at radius 3 is 2.59 bits per heavy atom. The Bertz CT molecular complexity index is 790. The molecule has 0 aliphatic heterocycles. The van der Waals surface area contributed by atoms with Crippen molar-refractivity contribution >= 4 is 15.9 Å². The minimum Gasteiger partial charge on any atom is -0.482 e. The van der Waals surface area contributed by atoms with E-state index in [1.54, 1.807) is 6.07 Å². The van der Waals surface area contributed by atoms with Gasteiger partial charge in [0.2, 0.25) is 5.82 Å². The van der Waals surface area contributed by atoms with Crippen LogP contribution in [0.5, 0.6) is 5.75 Å². The molecule has 0 radical (unpaired) electrons. The predicted molar refractivity (Wildman–Crippen MR) is 78.1 cm³/mol. The summed E-state index contributed by atoms with van der Waals surface area (Å²) >= 11 is 3.16. The first-order chi connectivity index (χ1) is 10.6. The molecule has 0 amide bonds. The number of aromatic nitrogens is 2. The van der Waals surface area contributed by atoms with E-state index in [2.05, 4.69) is 26.1 Å². The summed E-state index contributed by atoms with van der Waals surface area (Å²) in [6, 6.07) is 10.1. The number of rotatable bonds is 4. The molecule has 0 atom stereocenters. The monoisotopic (exact) mass is 366 g/mol. The van der Waals surface area contributed by atoms with E-state index < -0.39 is 5.82 Å². The van der Waals surface area contributed by atoms with Crippen LogP contribution in [0.3, 0.4) is 0 Å². The summed E-state index contributed by atoms with van der Waals surface area (Å²) in [4.78, 5) is 4.12. The first kappa shape index (κ1) is 14.6. The van der Waals surface area contributed by atoms with E-state index in [-0.39, 0.29) is 29.9 Å². The summed E-state index contributed by atoms with van der Waals surface area (Å²) in [5, 5.41) is 3.74. The van der Waals surface area contributed by atoms with Gasteiger partial charge in [-0.3, -0.25) is 0 Å². The molecule has 0 saturated heterocycles. The Morgan fingerprint density at radius 2 is 1.86 bits per heavy atom. The molecule has 0 fully saturated rings. The Kier molecular flexibility index (Phi) is 4.15. The van der Waals surface area contributed by atoms with Crippen LogP contribution in [0.15, 0.2) is 51.5 Å². The molecule has 4 nitrogen and oxygen atoms in total. The third kappa shape index (κ3) is 3.30. The standard InChI is InChI=1S/C15H9BrF2N2O2/c16-10-3-6-13(12(18)7-10)21-8-14-19-15(22-20-14)9-1-4-11(17)5-2-9/h1-7H,8H2. The molecule has 0 aliphatic carbocycles. The second-order valence-electron chi connectivity index (χ2n) is 4.39. The summed E-state index contributed by atoms with van der Waals surface area (Å²) in [5.74, 6) is -0.234. The molecule has 2 aromatic carbocycles. The van der Waals surface area contributed by atoms with Crippen LogP contribution < -0.4 is 4.74 Å². The quantitative estimate of drug-likeness (QED) is 0.688. The van der Waals surface area contributed by atoms with Crippen molar-refractivity contribution in [2.45, 2.75) is 6.61 Å². The van der Waals surface area contributed by atoms with Crippen LogP contribution in [-0.2, 0) is 6.61 Å². The average molecular weight is 367 g/mol. The molecular weight excluding hydrogens is 358 g/mol. The first-order valence-corrected chi connectivity index (χ1v) is 7.07. The maximum Gasteiger partial charge on any atom is 0.258 e. The Labute approximate surface area is 132 Å². The maximum absolute atomic E-state index is 13.6. The maximum atomic E-state index is 13.6. The van der Waals surface area contributed by atoms with Crippen molar-refractivity contribution in [1.29, 1.82) is 0 Å². The van der Waals surface area contributed by atoms with Gasteiger partial charge < -0.3 is 9.26 Å². The number of hydrogen-bond acceptors (Lipinski definition) is 4. The first-order valence-electron chi connectivity index (χ1n) is 6.28. The SMILES string of the molecule is Fc1ccc(-c2nc(COc3ccc(Br)cc3F)no2)cc1. The van der Waals surface area contributed by atoms with Crippen LogP contribution in [0.4, 0.5) is 8.78 Å². The molecule has 1 aromatic heterocycles. The molecule has 0 unspecified atom stereocenters. The van der Waals surface area contributed by atoms with Crippen molar-refractivity contribution in [1.82, 2.24) is 10.1 Å². The van der Waals surface area contributed by atoms with Crippen LogP contribution >= 0.6 is 15.9 Å². The van der Waals surface area contributed by atoms with Gasteiger partial charge >= 0.3 is 0 Å². The number of hydrogen-bond donors (Lipinski definition) is 0. The minimum absolute atomic E-state index is 0.0384. The average Bonchev–Trinajstić information content (AvgIpc) is 2.96. The van der Waals surface area contributed by atoms with Crippen molar-refractivity contribution in [3.63, 3.8) is 0 Å². The van der Waals surface area contributed by atoms with E-state index in [4.69, 9.17) is 9.26 Å². The van der Waals surface area contributed by atoms with Crippen LogP contribution in [-0.4, -0.2) is 10.1 Å². The molecule has 3 rings (SSSR count). The van der Waals surface area contributed by atoms with Crippen molar-refractivity contribution in [2.24, 2.45) is 0 Å². The van der Waals surface area contributed by atoms with E-state index in [0.717, 1.165) is 0 Å². The molecule has 112 valence electrons. The summed E-state index contributed by atoms with van der Waals surface area (Å²) < 4.78 is 37.5. The Hall–Kier alpha value is -2.28. The zero-order chi connectivity index (χ0) is 15.5. The van der Waals surface area contributed by atoms with Crippen molar-refractivity contribution in [2.75, 3.05) is 0 Å². The van der Waals surface area contributed by atoms with Gasteiger partial charge in [0, 0.05) is 10.0 Å². The van der Waals surface area contributed by atoms with Gasteiger partial charge in [0.1, 0.15) is 5.82 Å². The molecule has 3 aromatic rings. The second-order valence-corrected chi connectivity index (χ2v) is 5.30. The lowest BCUT2D eigenvalue weighted by Gasteiger charge is -2.04. The zero-order valence-electron chi connectivity index (χ0n) is 11.1. The van der Waals surface area contributed by atoms with Crippen LogP contribution in [0, 0.1) is 11.6 Å². The topological polar surface area (TPSA) is 48.2 Å². The smallest absolute Gasteiger partial charge is 0.258 e. The van der Waals surface area contributed by atoms with E-state index in [0.29, 0.717) is 10.0 Å². The van der Waals surface area contributed by atoms with Crippen LogP contribution in [0.2, 0.25) is 0 Å². The molecule has 7 heteroatoms.